The summed E-state index contributed by atoms with van der Waals surface area (Å²) >= 11 is 0. The van der Waals surface area contributed by atoms with Gasteiger partial charge in [-0.25, -0.2) is 0 Å². The Hall–Kier alpha value is -3.02. The van der Waals surface area contributed by atoms with Crippen LogP contribution in [0.3, 0.4) is 0 Å². The zero-order valence-corrected chi connectivity index (χ0v) is 26.7. The summed E-state index contributed by atoms with van der Waals surface area (Å²) in [4.78, 5) is 25.2. The third kappa shape index (κ3) is 8.74. The van der Waals surface area contributed by atoms with E-state index in [9.17, 15) is 19.8 Å². The van der Waals surface area contributed by atoms with E-state index in [0.717, 1.165) is 33.4 Å². The molecule has 0 saturated carbocycles. The summed E-state index contributed by atoms with van der Waals surface area (Å²) in [5.74, 6) is -0.321. The maximum Gasteiger partial charge on any atom is 0.310 e. The van der Waals surface area contributed by atoms with Crippen LogP contribution in [0.25, 0.3) is 0 Å². The maximum absolute atomic E-state index is 12.6. The van der Waals surface area contributed by atoms with Crippen LogP contribution < -0.4 is 0 Å². The zero-order chi connectivity index (χ0) is 30.8. The summed E-state index contributed by atoms with van der Waals surface area (Å²) in [7, 11) is 0. The van der Waals surface area contributed by atoms with Gasteiger partial charge in [0.2, 0.25) is 0 Å². The molecule has 0 aliphatic heterocycles. The Morgan fingerprint density at radius 3 is 0.950 bits per heavy atom. The molecule has 0 radical (unpaired) electrons. The molecule has 0 heterocycles. The topological polar surface area (TPSA) is 93.1 Å². The molecule has 2 aromatic rings. The zero-order valence-electron chi connectivity index (χ0n) is 26.7. The van der Waals surface area contributed by atoms with E-state index in [1.807, 2.05) is 107 Å². The lowest BCUT2D eigenvalue weighted by Crippen LogP contribution is -2.20. The van der Waals surface area contributed by atoms with Crippen LogP contribution in [0.5, 0.6) is 11.5 Å². The second-order valence-electron chi connectivity index (χ2n) is 14.9. The van der Waals surface area contributed by atoms with Crippen molar-refractivity contribution in [1.82, 2.24) is 0 Å². The minimum atomic E-state index is -0.426. The molecule has 0 aromatic heterocycles. The molecule has 40 heavy (non-hydrogen) atoms. The number of benzene rings is 2. The molecule has 2 rings (SSSR count). The lowest BCUT2D eigenvalue weighted by Gasteiger charge is -2.28. The van der Waals surface area contributed by atoms with Crippen LogP contribution in [-0.4, -0.2) is 35.4 Å². The van der Waals surface area contributed by atoms with Crippen LogP contribution in [0.2, 0.25) is 0 Å². The Balaban J connectivity index is 2.03. The number of aromatic hydroxyl groups is 2. The van der Waals surface area contributed by atoms with Gasteiger partial charge in [-0.3, -0.25) is 9.59 Å². The Kier molecular flexibility index (Phi) is 9.82. The number of rotatable bonds is 7. The van der Waals surface area contributed by atoms with E-state index >= 15 is 0 Å². The van der Waals surface area contributed by atoms with Gasteiger partial charge in [0, 0.05) is 0 Å². The van der Waals surface area contributed by atoms with Crippen molar-refractivity contribution in [2.75, 3.05) is 13.2 Å². The minimum absolute atomic E-state index is 0.0447. The van der Waals surface area contributed by atoms with Crippen molar-refractivity contribution in [1.29, 1.82) is 0 Å². The highest BCUT2D eigenvalue weighted by atomic mass is 16.6. The number of phenolic OH excluding ortho intramolecular Hbond substituents is 2. The number of hydrogen-bond acceptors (Lipinski definition) is 6. The fourth-order valence-corrected chi connectivity index (χ4v) is 4.63. The van der Waals surface area contributed by atoms with Crippen molar-refractivity contribution in [3.63, 3.8) is 0 Å². The highest BCUT2D eigenvalue weighted by molar-refractivity contribution is 5.74. The van der Waals surface area contributed by atoms with Gasteiger partial charge in [0.25, 0.3) is 0 Å². The van der Waals surface area contributed by atoms with Crippen LogP contribution >= 0.6 is 0 Å². The van der Waals surface area contributed by atoms with Crippen LogP contribution in [0.15, 0.2) is 24.3 Å². The summed E-state index contributed by atoms with van der Waals surface area (Å²) < 4.78 is 10.7. The molecule has 2 N–H and O–H groups in total. The standard InChI is InChI=1S/C34H50O6/c1-31(2,3)23-15-21(16-24(29(23)37)32(4,5)6)19-27(35)39-13-14-40-28(36)20-22-17-25(33(7,8)9)30(38)26(18-22)34(10,11)12/h15-18,37-38H,13-14,19-20H2,1-12H3. The van der Waals surface area contributed by atoms with Crippen molar-refractivity contribution >= 4 is 11.9 Å². The molecule has 0 bridgehead atoms. The molecule has 0 aliphatic rings. The first kappa shape index (κ1) is 33.2. The predicted octanol–water partition coefficient (Wildman–Crippen LogP) is 7.16. The number of phenols is 2. The number of esters is 2. The molecule has 222 valence electrons. The fraction of sp³-hybridized carbons (Fsp3) is 0.588. The summed E-state index contributed by atoms with van der Waals surface area (Å²) in [6.45, 7) is 24.2. The van der Waals surface area contributed by atoms with Crippen molar-refractivity contribution < 1.29 is 29.3 Å². The van der Waals surface area contributed by atoms with Crippen molar-refractivity contribution in [2.45, 2.75) is 118 Å². The first-order chi connectivity index (χ1) is 18.0. The SMILES string of the molecule is CC(C)(C)c1cc(CC(=O)OCCOC(=O)Cc2cc(C(C)(C)C)c(O)c(C(C)(C)C)c2)cc(C(C)(C)C)c1O. The number of ether oxygens (including phenoxy) is 2. The van der Waals surface area contributed by atoms with Crippen molar-refractivity contribution in [3.05, 3.63) is 57.6 Å². The van der Waals surface area contributed by atoms with Gasteiger partial charge in [-0.2, -0.15) is 0 Å². The normalized spacial score (nSPS) is 12.8. The lowest BCUT2D eigenvalue weighted by molar-refractivity contribution is -0.151. The molecule has 0 unspecified atom stereocenters. The third-order valence-electron chi connectivity index (χ3n) is 6.88. The quantitative estimate of drug-likeness (QED) is 0.279. The summed E-state index contributed by atoms with van der Waals surface area (Å²) in [6, 6.07) is 7.45. The van der Waals surface area contributed by atoms with E-state index < -0.39 is 11.9 Å². The molecule has 0 saturated heterocycles. The molecule has 2 aromatic carbocycles. The largest absolute Gasteiger partial charge is 0.507 e. The second-order valence-corrected chi connectivity index (χ2v) is 14.9. The van der Waals surface area contributed by atoms with E-state index in [4.69, 9.17) is 9.47 Å². The van der Waals surface area contributed by atoms with Gasteiger partial charge in [-0.1, -0.05) is 107 Å². The van der Waals surface area contributed by atoms with Crippen LogP contribution in [0, 0.1) is 0 Å². The fourth-order valence-electron chi connectivity index (χ4n) is 4.63. The van der Waals surface area contributed by atoms with E-state index in [-0.39, 0.29) is 59.2 Å². The Labute approximate surface area is 241 Å². The summed E-state index contributed by atoms with van der Waals surface area (Å²) in [5, 5.41) is 21.8. The first-order valence-corrected chi connectivity index (χ1v) is 14.1. The third-order valence-corrected chi connectivity index (χ3v) is 6.88. The first-order valence-electron chi connectivity index (χ1n) is 14.1. The van der Waals surface area contributed by atoms with Gasteiger partial charge in [0.05, 0.1) is 12.8 Å². The molecule has 0 amide bonds. The number of hydrogen-bond donors (Lipinski definition) is 2. The van der Waals surface area contributed by atoms with Crippen LogP contribution in [-0.2, 0) is 53.6 Å². The highest BCUT2D eigenvalue weighted by Crippen LogP contribution is 2.41. The van der Waals surface area contributed by atoms with Gasteiger partial charge < -0.3 is 19.7 Å². The minimum Gasteiger partial charge on any atom is -0.507 e. The van der Waals surface area contributed by atoms with Gasteiger partial charge in [0.15, 0.2) is 0 Å². The smallest absolute Gasteiger partial charge is 0.310 e. The molecular weight excluding hydrogens is 504 g/mol. The molecule has 6 nitrogen and oxygen atoms in total. The summed E-state index contributed by atoms with van der Waals surface area (Å²) in [5.41, 5.74) is 3.51. The Morgan fingerprint density at radius 1 is 0.525 bits per heavy atom. The lowest BCUT2D eigenvalue weighted by atomic mass is 9.78. The monoisotopic (exact) mass is 554 g/mol. The predicted molar refractivity (Wildman–Crippen MR) is 160 cm³/mol. The Morgan fingerprint density at radius 2 is 0.750 bits per heavy atom. The molecular formula is C34H50O6. The van der Waals surface area contributed by atoms with Crippen molar-refractivity contribution in [3.8, 4) is 11.5 Å². The Bertz CT molecular complexity index is 1060. The number of carbonyl (C=O) groups is 2. The second kappa shape index (κ2) is 11.8. The molecule has 6 heteroatoms. The van der Waals surface area contributed by atoms with E-state index in [2.05, 4.69) is 0 Å². The molecule has 0 atom stereocenters. The average molecular weight is 555 g/mol. The molecule has 0 aliphatic carbocycles. The van der Waals surface area contributed by atoms with Crippen molar-refractivity contribution in [2.24, 2.45) is 0 Å². The van der Waals surface area contributed by atoms with E-state index in [0.29, 0.717) is 0 Å². The van der Waals surface area contributed by atoms with Gasteiger partial charge in [-0.15, -0.1) is 0 Å². The van der Waals surface area contributed by atoms with E-state index in [1.54, 1.807) is 0 Å². The maximum atomic E-state index is 12.6. The number of carbonyl (C=O) groups excluding carboxylic acids is 2. The van der Waals surface area contributed by atoms with Crippen LogP contribution in [0.4, 0.5) is 0 Å². The van der Waals surface area contributed by atoms with E-state index in [1.165, 1.54) is 0 Å². The van der Waals surface area contributed by atoms with Gasteiger partial charge in [-0.05, 0) is 55.0 Å². The average Bonchev–Trinajstić information content (AvgIpc) is 2.75. The van der Waals surface area contributed by atoms with Gasteiger partial charge in [0.1, 0.15) is 24.7 Å². The summed E-state index contributed by atoms with van der Waals surface area (Å²) in [6.07, 6.45) is 0.109. The molecule has 0 spiro atoms. The molecule has 0 fully saturated rings. The van der Waals surface area contributed by atoms with Crippen LogP contribution in [0.1, 0.15) is 116 Å². The van der Waals surface area contributed by atoms with Gasteiger partial charge >= 0.3 is 11.9 Å². The highest BCUT2D eigenvalue weighted by Gasteiger charge is 2.28.